The molecule has 1 N–H and O–H groups in total. The second kappa shape index (κ2) is 9.15. The van der Waals surface area contributed by atoms with Crippen molar-refractivity contribution in [1.29, 1.82) is 0 Å². The lowest BCUT2D eigenvalue weighted by Crippen LogP contribution is -2.17. The van der Waals surface area contributed by atoms with Crippen LogP contribution in [0.5, 0.6) is 0 Å². The topological polar surface area (TPSA) is 29.9 Å². The number of hydrogen-bond acceptors (Lipinski definition) is 2. The molecule has 0 aliphatic heterocycles. The Morgan fingerprint density at radius 3 is 2.56 bits per heavy atom. The summed E-state index contributed by atoms with van der Waals surface area (Å²) in [5.74, 6) is 0. The summed E-state index contributed by atoms with van der Waals surface area (Å²) >= 11 is 0. The van der Waals surface area contributed by atoms with Crippen molar-refractivity contribution >= 4 is 0 Å². The van der Waals surface area contributed by atoms with E-state index in [0.29, 0.717) is 0 Å². The molecule has 18 heavy (non-hydrogen) atoms. The van der Waals surface area contributed by atoms with Crippen LogP contribution >= 0.6 is 0 Å². The molecule has 104 valence electrons. The summed E-state index contributed by atoms with van der Waals surface area (Å²) in [4.78, 5) is 0. The largest absolute Gasteiger partial charge is 0.311 e. The summed E-state index contributed by atoms with van der Waals surface area (Å²) in [7, 11) is 0. The van der Waals surface area contributed by atoms with E-state index in [1.807, 2.05) is 0 Å². The van der Waals surface area contributed by atoms with Gasteiger partial charge in [-0.05, 0) is 32.9 Å². The molecule has 0 bridgehead atoms. The number of hydrogen-bond donors (Lipinski definition) is 1. The zero-order valence-electron chi connectivity index (χ0n) is 12.3. The van der Waals surface area contributed by atoms with Gasteiger partial charge < -0.3 is 5.32 Å². The van der Waals surface area contributed by atoms with Crippen molar-refractivity contribution in [2.75, 3.05) is 6.54 Å². The van der Waals surface area contributed by atoms with Gasteiger partial charge in [0, 0.05) is 13.1 Å². The van der Waals surface area contributed by atoms with Gasteiger partial charge in [0.1, 0.15) is 0 Å². The molecule has 1 rings (SSSR count). The molecule has 0 aliphatic rings. The lowest BCUT2D eigenvalue weighted by Gasteiger charge is -2.06. The third-order valence-electron chi connectivity index (χ3n) is 3.30. The van der Waals surface area contributed by atoms with E-state index in [1.54, 1.807) is 0 Å². The van der Waals surface area contributed by atoms with Crippen molar-refractivity contribution in [1.82, 2.24) is 15.1 Å². The van der Waals surface area contributed by atoms with Crippen molar-refractivity contribution in [2.24, 2.45) is 0 Å². The fourth-order valence-electron chi connectivity index (χ4n) is 2.26. The molecule has 0 atom stereocenters. The molecule has 3 heteroatoms. The Balaban J connectivity index is 2.06. The Kier molecular flexibility index (Phi) is 7.74. The summed E-state index contributed by atoms with van der Waals surface area (Å²) in [5.41, 5.74) is 2.43. The van der Waals surface area contributed by atoms with Gasteiger partial charge in [-0.15, -0.1) is 0 Å². The van der Waals surface area contributed by atoms with Crippen LogP contribution < -0.4 is 5.32 Å². The monoisotopic (exact) mass is 251 g/mol. The van der Waals surface area contributed by atoms with Crippen LogP contribution in [0.15, 0.2) is 6.07 Å². The first kappa shape index (κ1) is 15.2. The summed E-state index contributed by atoms with van der Waals surface area (Å²) in [6.45, 7) is 9.50. The first-order chi connectivity index (χ1) is 8.77. The fraction of sp³-hybridized carbons (Fsp3) is 0.800. The maximum Gasteiger partial charge on any atom is 0.0597 e. The number of nitrogens with zero attached hydrogens (tertiary/aromatic N) is 2. The van der Waals surface area contributed by atoms with Gasteiger partial charge in [0.05, 0.1) is 11.4 Å². The van der Waals surface area contributed by atoms with Crippen LogP contribution in [0.4, 0.5) is 0 Å². The lowest BCUT2D eigenvalue weighted by atomic mass is 10.1. The quantitative estimate of drug-likeness (QED) is 0.643. The van der Waals surface area contributed by atoms with E-state index in [1.165, 1.54) is 44.2 Å². The molecule has 3 nitrogen and oxygen atoms in total. The SMILES string of the molecule is CCCCCCCCNCc1cc(C)nn1CC. The summed E-state index contributed by atoms with van der Waals surface area (Å²) in [6, 6.07) is 2.18. The van der Waals surface area contributed by atoms with Crippen LogP contribution in [-0.4, -0.2) is 16.3 Å². The van der Waals surface area contributed by atoms with Crippen LogP contribution in [0.2, 0.25) is 0 Å². The molecular weight excluding hydrogens is 222 g/mol. The molecule has 0 unspecified atom stereocenters. The van der Waals surface area contributed by atoms with Crippen molar-refractivity contribution in [3.63, 3.8) is 0 Å². The fourth-order valence-corrected chi connectivity index (χ4v) is 2.26. The van der Waals surface area contributed by atoms with Gasteiger partial charge in [-0.3, -0.25) is 4.68 Å². The normalized spacial score (nSPS) is 11.1. The van der Waals surface area contributed by atoms with Gasteiger partial charge in [0.25, 0.3) is 0 Å². The molecule has 1 aromatic rings. The van der Waals surface area contributed by atoms with Gasteiger partial charge in [0.15, 0.2) is 0 Å². The van der Waals surface area contributed by atoms with E-state index in [4.69, 9.17) is 0 Å². The average molecular weight is 251 g/mol. The molecule has 1 heterocycles. The highest BCUT2D eigenvalue weighted by Crippen LogP contribution is 2.05. The molecule has 0 radical (unpaired) electrons. The Labute approximate surface area is 112 Å². The molecule has 0 fully saturated rings. The average Bonchev–Trinajstić information content (AvgIpc) is 2.73. The Bertz CT molecular complexity index is 318. The maximum absolute atomic E-state index is 4.45. The minimum atomic E-state index is 0.948. The van der Waals surface area contributed by atoms with E-state index in [2.05, 4.69) is 41.9 Å². The number of nitrogens with one attached hydrogen (secondary N) is 1. The predicted octanol–water partition coefficient (Wildman–Crippen LogP) is 3.66. The number of aryl methyl sites for hydroxylation is 2. The van der Waals surface area contributed by atoms with E-state index in [-0.39, 0.29) is 0 Å². The highest BCUT2D eigenvalue weighted by molar-refractivity contribution is 5.08. The second-order valence-corrected chi connectivity index (χ2v) is 5.04. The Morgan fingerprint density at radius 1 is 1.11 bits per heavy atom. The minimum absolute atomic E-state index is 0.948. The molecule has 0 aromatic carbocycles. The predicted molar refractivity (Wildman–Crippen MR) is 77.7 cm³/mol. The van der Waals surface area contributed by atoms with Crippen molar-refractivity contribution in [3.8, 4) is 0 Å². The highest BCUT2D eigenvalue weighted by atomic mass is 15.3. The van der Waals surface area contributed by atoms with E-state index >= 15 is 0 Å². The standard InChI is InChI=1S/C15H29N3/c1-4-6-7-8-9-10-11-16-13-15-12-14(3)17-18(15)5-2/h12,16H,4-11,13H2,1-3H3. The van der Waals surface area contributed by atoms with Crippen molar-refractivity contribution in [2.45, 2.75) is 72.4 Å². The van der Waals surface area contributed by atoms with E-state index in [0.717, 1.165) is 25.3 Å². The van der Waals surface area contributed by atoms with Crippen LogP contribution in [0.25, 0.3) is 0 Å². The van der Waals surface area contributed by atoms with Crippen molar-refractivity contribution in [3.05, 3.63) is 17.5 Å². The van der Waals surface area contributed by atoms with Crippen LogP contribution in [0.3, 0.4) is 0 Å². The van der Waals surface area contributed by atoms with E-state index < -0.39 is 0 Å². The number of rotatable bonds is 10. The molecule has 0 amide bonds. The zero-order chi connectivity index (χ0) is 13.2. The van der Waals surface area contributed by atoms with Crippen LogP contribution in [0.1, 0.15) is 63.8 Å². The molecule has 0 saturated carbocycles. The number of aromatic nitrogens is 2. The van der Waals surface area contributed by atoms with Crippen LogP contribution in [-0.2, 0) is 13.1 Å². The lowest BCUT2D eigenvalue weighted by molar-refractivity contribution is 0.547. The second-order valence-electron chi connectivity index (χ2n) is 5.04. The van der Waals surface area contributed by atoms with Crippen LogP contribution in [0, 0.1) is 6.92 Å². The minimum Gasteiger partial charge on any atom is -0.311 e. The molecule has 0 spiro atoms. The third kappa shape index (κ3) is 5.67. The Morgan fingerprint density at radius 2 is 1.83 bits per heavy atom. The molecule has 0 aliphatic carbocycles. The van der Waals surface area contributed by atoms with Gasteiger partial charge in [0.2, 0.25) is 0 Å². The van der Waals surface area contributed by atoms with E-state index in [9.17, 15) is 0 Å². The highest BCUT2D eigenvalue weighted by Gasteiger charge is 2.02. The first-order valence-corrected chi connectivity index (χ1v) is 7.52. The molecule has 0 saturated heterocycles. The van der Waals surface area contributed by atoms with Crippen molar-refractivity contribution < 1.29 is 0 Å². The van der Waals surface area contributed by atoms with Gasteiger partial charge in [-0.2, -0.15) is 5.10 Å². The summed E-state index contributed by atoms with van der Waals surface area (Å²) in [6.07, 6.45) is 8.17. The molecular formula is C15H29N3. The smallest absolute Gasteiger partial charge is 0.0597 e. The van der Waals surface area contributed by atoms with Gasteiger partial charge in [-0.1, -0.05) is 39.0 Å². The van der Waals surface area contributed by atoms with Gasteiger partial charge >= 0.3 is 0 Å². The summed E-state index contributed by atoms with van der Waals surface area (Å²) < 4.78 is 2.09. The van der Waals surface area contributed by atoms with Gasteiger partial charge in [-0.25, -0.2) is 0 Å². The summed E-state index contributed by atoms with van der Waals surface area (Å²) in [5, 5.41) is 7.97. The third-order valence-corrected chi connectivity index (χ3v) is 3.30. The maximum atomic E-state index is 4.45. The first-order valence-electron chi connectivity index (χ1n) is 7.52. The zero-order valence-corrected chi connectivity index (χ0v) is 12.3. The molecule has 1 aromatic heterocycles. The number of unbranched alkanes of at least 4 members (excludes halogenated alkanes) is 5. The Hall–Kier alpha value is -0.830.